The first-order valence-corrected chi connectivity index (χ1v) is 9.42. The molecule has 1 rings (SSSR count). The molecular formula is C20H34N2O4. The molecule has 1 saturated heterocycles. The molecule has 0 aromatic heterocycles. The van der Waals surface area contributed by atoms with Gasteiger partial charge in [0.05, 0.1) is 13.1 Å². The zero-order chi connectivity index (χ0) is 19.8. The number of likely N-dealkylation sites (tertiary alicyclic amines) is 1. The number of amides is 1. The lowest BCUT2D eigenvalue weighted by molar-refractivity contribution is -0.129. The van der Waals surface area contributed by atoms with Crippen LogP contribution in [0.5, 0.6) is 0 Å². The average molecular weight is 367 g/mol. The van der Waals surface area contributed by atoms with Crippen LogP contribution < -0.4 is 5.32 Å². The molecular weight excluding hydrogens is 332 g/mol. The summed E-state index contributed by atoms with van der Waals surface area (Å²) in [5.41, 5.74) is -0.819. The van der Waals surface area contributed by atoms with Crippen molar-refractivity contribution >= 4 is 17.7 Å². The Labute approximate surface area is 157 Å². The minimum atomic E-state index is -0.605. The standard InChI is InChI=1S/C20H34N2O4/c1-16(23)19(3,4)12-10-8-6-7-9-11-13-26-18(25)22-14-20(15-22,21-5)17(2)24/h9,11,21H,6-8,10,12-15H2,1-5H3/b11-9+. The highest BCUT2D eigenvalue weighted by Crippen LogP contribution is 2.25. The van der Waals surface area contributed by atoms with E-state index in [0.717, 1.165) is 32.1 Å². The average Bonchev–Trinajstić information content (AvgIpc) is 2.52. The first kappa shape index (κ1) is 22.4. The SMILES string of the molecule is CNC1(C(C)=O)CN(C(=O)OC/C=C/CCCCCC(C)(C)C(C)=O)C1. The van der Waals surface area contributed by atoms with E-state index in [0.29, 0.717) is 13.1 Å². The summed E-state index contributed by atoms with van der Waals surface area (Å²) < 4.78 is 5.19. The molecule has 26 heavy (non-hydrogen) atoms. The van der Waals surface area contributed by atoms with E-state index in [1.165, 1.54) is 11.8 Å². The van der Waals surface area contributed by atoms with E-state index in [9.17, 15) is 14.4 Å². The molecule has 1 aliphatic rings. The van der Waals surface area contributed by atoms with Crippen LogP contribution in [-0.2, 0) is 14.3 Å². The Balaban J connectivity index is 2.09. The number of ketones is 2. The lowest BCUT2D eigenvalue weighted by Gasteiger charge is -2.47. The molecule has 1 amide bonds. The molecule has 148 valence electrons. The lowest BCUT2D eigenvalue weighted by atomic mass is 9.83. The molecule has 0 aromatic carbocycles. The smallest absolute Gasteiger partial charge is 0.410 e. The maximum atomic E-state index is 11.9. The van der Waals surface area contributed by atoms with Crippen LogP contribution >= 0.6 is 0 Å². The lowest BCUT2D eigenvalue weighted by Crippen LogP contribution is -2.73. The first-order chi connectivity index (χ1) is 12.1. The summed E-state index contributed by atoms with van der Waals surface area (Å²) in [5.74, 6) is 0.285. The number of rotatable bonds is 11. The molecule has 6 heteroatoms. The fourth-order valence-electron chi connectivity index (χ4n) is 2.87. The molecule has 0 radical (unpaired) electrons. The number of carbonyl (C=O) groups is 3. The molecule has 0 aromatic rings. The second-order valence-corrected chi connectivity index (χ2v) is 7.83. The number of hydrogen-bond donors (Lipinski definition) is 1. The van der Waals surface area contributed by atoms with Gasteiger partial charge in [0.15, 0.2) is 5.78 Å². The third kappa shape index (κ3) is 6.24. The van der Waals surface area contributed by atoms with Crippen LogP contribution in [0.15, 0.2) is 12.2 Å². The summed E-state index contributed by atoms with van der Waals surface area (Å²) in [6.45, 7) is 8.15. The van der Waals surface area contributed by atoms with Crippen LogP contribution in [-0.4, -0.2) is 54.8 Å². The summed E-state index contributed by atoms with van der Waals surface area (Å²) >= 11 is 0. The zero-order valence-corrected chi connectivity index (χ0v) is 16.9. The van der Waals surface area contributed by atoms with Gasteiger partial charge in [-0.15, -0.1) is 0 Å². The Kier molecular flexibility index (Phi) is 8.47. The van der Waals surface area contributed by atoms with Gasteiger partial charge in [-0.1, -0.05) is 38.8 Å². The van der Waals surface area contributed by atoms with E-state index in [1.54, 1.807) is 14.0 Å². The van der Waals surface area contributed by atoms with Gasteiger partial charge in [-0.2, -0.15) is 0 Å². The quantitative estimate of drug-likeness (QED) is 0.449. The molecule has 0 bridgehead atoms. The first-order valence-electron chi connectivity index (χ1n) is 9.42. The predicted molar refractivity (Wildman–Crippen MR) is 102 cm³/mol. The molecule has 1 N–H and O–H groups in total. The fraction of sp³-hybridized carbons (Fsp3) is 0.750. The van der Waals surface area contributed by atoms with Gasteiger partial charge in [0, 0.05) is 5.41 Å². The number of nitrogens with one attached hydrogen (secondary N) is 1. The molecule has 1 fully saturated rings. The Hall–Kier alpha value is -1.69. The maximum Gasteiger partial charge on any atom is 0.410 e. The Morgan fingerprint density at radius 1 is 1.12 bits per heavy atom. The predicted octanol–water partition coefficient (Wildman–Crippen LogP) is 3.11. The molecule has 0 aliphatic carbocycles. The minimum absolute atomic E-state index is 0.0376. The van der Waals surface area contributed by atoms with Crippen molar-refractivity contribution in [3.05, 3.63) is 12.2 Å². The van der Waals surface area contributed by atoms with E-state index in [-0.39, 0.29) is 29.7 Å². The van der Waals surface area contributed by atoms with Crippen molar-refractivity contribution in [1.29, 1.82) is 0 Å². The summed E-state index contributed by atoms with van der Waals surface area (Å²) in [6.07, 6.45) is 8.56. The van der Waals surface area contributed by atoms with Crippen molar-refractivity contribution in [2.75, 3.05) is 26.7 Å². The fourth-order valence-corrected chi connectivity index (χ4v) is 2.87. The van der Waals surface area contributed by atoms with Gasteiger partial charge in [-0.25, -0.2) is 4.79 Å². The molecule has 1 heterocycles. The number of ether oxygens (including phenoxy) is 1. The third-order valence-electron chi connectivity index (χ3n) is 5.43. The second-order valence-electron chi connectivity index (χ2n) is 7.83. The minimum Gasteiger partial charge on any atom is -0.445 e. The van der Waals surface area contributed by atoms with Crippen molar-refractivity contribution in [1.82, 2.24) is 10.2 Å². The van der Waals surface area contributed by atoms with E-state index in [2.05, 4.69) is 5.32 Å². The summed E-state index contributed by atoms with van der Waals surface area (Å²) in [5, 5.41) is 2.98. The van der Waals surface area contributed by atoms with Crippen LogP contribution in [0, 0.1) is 5.41 Å². The van der Waals surface area contributed by atoms with Crippen LogP contribution in [0.25, 0.3) is 0 Å². The third-order valence-corrected chi connectivity index (χ3v) is 5.43. The number of Topliss-reactive ketones (excluding diaryl/α,β-unsaturated/α-hetero) is 2. The van der Waals surface area contributed by atoms with Gasteiger partial charge < -0.3 is 15.0 Å². The van der Waals surface area contributed by atoms with E-state index in [1.807, 2.05) is 26.0 Å². The van der Waals surface area contributed by atoms with Gasteiger partial charge in [-0.3, -0.25) is 9.59 Å². The number of unbranched alkanes of at least 4 members (excludes halogenated alkanes) is 3. The molecule has 0 spiro atoms. The molecule has 0 atom stereocenters. The summed E-state index contributed by atoms with van der Waals surface area (Å²) in [6, 6.07) is 0. The van der Waals surface area contributed by atoms with Crippen LogP contribution in [0.4, 0.5) is 4.79 Å². The highest BCUT2D eigenvalue weighted by atomic mass is 16.6. The Morgan fingerprint density at radius 3 is 2.31 bits per heavy atom. The number of hydrogen-bond acceptors (Lipinski definition) is 5. The van der Waals surface area contributed by atoms with Crippen molar-refractivity contribution in [3.63, 3.8) is 0 Å². The summed E-state index contributed by atoms with van der Waals surface area (Å²) in [4.78, 5) is 36.4. The van der Waals surface area contributed by atoms with Gasteiger partial charge in [0.2, 0.25) is 0 Å². The van der Waals surface area contributed by atoms with E-state index >= 15 is 0 Å². The van der Waals surface area contributed by atoms with E-state index in [4.69, 9.17) is 4.74 Å². The number of likely N-dealkylation sites (N-methyl/N-ethyl adjacent to an activating group) is 1. The Morgan fingerprint density at radius 2 is 1.77 bits per heavy atom. The Bertz CT molecular complexity index is 534. The van der Waals surface area contributed by atoms with Crippen molar-refractivity contribution < 1.29 is 19.1 Å². The van der Waals surface area contributed by atoms with Crippen LogP contribution in [0.2, 0.25) is 0 Å². The van der Waals surface area contributed by atoms with Gasteiger partial charge >= 0.3 is 6.09 Å². The largest absolute Gasteiger partial charge is 0.445 e. The van der Waals surface area contributed by atoms with Crippen molar-refractivity contribution in [3.8, 4) is 0 Å². The zero-order valence-electron chi connectivity index (χ0n) is 16.9. The van der Waals surface area contributed by atoms with E-state index < -0.39 is 5.54 Å². The van der Waals surface area contributed by atoms with Crippen molar-refractivity contribution in [2.24, 2.45) is 5.41 Å². The number of nitrogens with zero attached hydrogens (tertiary/aromatic N) is 1. The number of allylic oxidation sites excluding steroid dienone is 1. The molecule has 0 saturated carbocycles. The normalized spacial score (nSPS) is 16.4. The maximum absolute atomic E-state index is 11.9. The molecule has 1 aliphatic heterocycles. The highest BCUT2D eigenvalue weighted by Gasteiger charge is 2.48. The van der Waals surface area contributed by atoms with Crippen LogP contribution in [0.1, 0.15) is 59.8 Å². The molecule has 6 nitrogen and oxygen atoms in total. The second kappa shape index (κ2) is 9.86. The van der Waals surface area contributed by atoms with Gasteiger partial charge in [-0.05, 0) is 40.2 Å². The van der Waals surface area contributed by atoms with Gasteiger partial charge in [0.1, 0.15) is 17.9 Å². The topological polar surface area (TPSA) is 75.7 Å². The molecule has 0 unspecified atom stereocenters. The monoisotopic (exact) mass is 366 g/mol. The van der Waals surface area contributed by atoms with Crippen molar-refractivity contribution in [2.45, 2.75) is 65.3 Å². The number of carbonyl (C=O) groups excluding carboxylic acids is 3. The van der Waals surface area contributed by atoms with Gasteiger partial charge in [0.25, 0.3) is 0 Å². The highest BCUT2D eigenvalue weighted by molar-refractivity contribution is 5.90. The summed E-state index contributed by atoms with van der Waals surface area (Å²) in [7, 11) is 1.73. The van der Waals surface area contributed by atoms with Crippen LogP contribution in [0.3, 0.4) is 0 Å².